The van der Waals surface area contributed by atoms with Crippen molar-refractivity contribution in [2.75, 3.05) is 7.11 Å². The first-order valence-electron chi connectivity index (χ1n) is 5.73. The molecular formula is C13H20BrNO. The van der Waals surface area contributed by atoms with E-state index >= 15 is 0 Å². The maximum Gasteiger partial charge on any atom is 0.137 e. The van der Waals surface area contributed by atoms with Gasteiger partial charge >= 0.3 is 0 Å². The van der Waals surface area contributed by atoms with Gasteiger partial charge in [-0.05, 0) is 35.3 Å². The minimum Gasteiger partial charge on any atom is -0.495 e. The molecule has 1 aromatic rings. The van der Waals surface area contributed by atoms with Crippen LogP contribution in [0, 0.1) is 0 Å². The third kappa shape index (κ3) is 3.80. The van der Waals surface area contributed by atoms with Crippen LogP contribution in [0.25, 0.3) is 0 Å². The molecule has 0 amide bonds. The fourth-order valence-corrected chi connectivity index (χ4v) is 2.31. The summed E-state index contributed by atoms with van der Waals surface area (Å²) in [5, 5.41) is 3.50. The summed E-state index contributed by atoms with van der Waals surface area (Å²) < 4.78 is 6.39. The number of halogens is 1. The molecule has 1 aromatic carbocycles. The van der Waals surface area contributed by atoms with Gasteiger partial charge in [0.15, 0.2) is 0 Å². The molecule has 0 heterocycles. The molecule has 90 valence electrons. The molecule has 0 spiro atoms. The van der Waals surface area contributed by atoms with Crippen molar-refractivity contribution in [1.29, 1.82) is 0 Å². The zero-order valence-corrected chi connectivity index (χ0v) is 11.8. The first kappa shape index (κ1) is 13.5. The standard InChI is InChI=1S/C13H20BrNO/c1-4-6-10(2)15-9-11-7-5-8-12(14)13(11)16-3/h5,7-8,10,15H,4,6,9H2,1-3H3. The average Bonchev–Trinajstić information content (AvgIpc) is 2.27. The second-order valence-electron chi connectivity index (χ2n) is 4.00. The number of hydrogen-bond donors (Lipinski definition) is 1. The number of benzene rings is 1. The van der Waals surface area contributed by atoms with Crippen molar-refractivity contribution in [1.82, 2.24) is 5.32 Å². The molecule has 1 unspecified atom stereocenters. The fourth-order valence-electron chi connectivity index (χ4n) is 1.74. The topological polar surface area (TPSA) is 21.3 Å². The van der Waals surface area contributed by atoms with E-state index in [1.807, 2.05) is 12.1 Å². The Morgan fingerprint density at radius 3 is 2.81 bits per heavy atom. The second kappa shape index (κ2) is 6.92. The first-order chi connectivity index (χ1) is 7.69. The molecule has 0 aliphatic rings. The molecule has 16 heavy (non-hydrogen) atoms. The van der Waals surface area contributed by atoms with Gasteiger partial charge in [0.2, 0.25) is 0 Å². The Bertz CT molecular complexity index is 328. The summed E-state index contributed by atoms with van der Waals surface area (Å²) in [6.07, 6.45) is 2.42. The summed E-state index contributed by atoms with van der Waals surface area (Å²) >= 11 is 3.49. The molecule has 0 bridgehead atoms. The van der Waals surface area contributed by atoms with Crippen molar-refractivity contribution in [2.24, 2.45) is 0 Å². The molecule has 0 radical (unpaired) electrons. The van der Waals surface area contributed by atoms with E-state index < -0.39 is 0 Å². The van der Waals surface area contributed by atoms with Crippen LogP contribution in [0.5, 0.6) is 5.75 Å². The van der Waals surface area contributed by atoms with E-state index in [1.165, 1.54) is 18.4 Å². The molecule has 0 saturated heterocycles. The Hall–Kier alpha value is -0.540. The molecule has 1 atom stereocenters. The minimum absolute atomic E-state index is 0.550. The van der Waals surface area contributed by atoms with E-state index in [-0.39, 0.29) is 0 Å². The van der Waals surface area contributed by atoms with Gasteiger partial charge in [0.05, 0.1) is 11.6 Å². The van der Waals surface area contributed by atoms with Crippen LogP contribution < -0.4 is 10.1 Å². The van der Waals surface area contributed by atoms with Gasteiger partial charge in [0.1, 0.15) is 5.75 Å². The third-order valence-corrected chi connectivity index (χ3v) is 3.24. The number of para-hydroxylation sites is 1. The number of rotatable bonds is 6. The minimum atomic E-state index is 0.550. The highest BCUT2D eigenvalue weighted by Crippen LogP contribution is 2.28. The maximum atomic E-state index is 5.38. The molecule has 2 nitrogen and oxygen atoms in total. The molecule has 1 N–H and O–H groups in total. The van der Waals surface area contributed by atoms with Gasteiger partial charge in [-0.2, -0.15) is 0 Å². The van der Waals surface area contributed by atoms with Gasteiger partial charge in [0.25, 0.3) is 0 Å². The van der Waals surface area contributed by atoms with E-state index in [9.17, 15) is 0 Å². The van der Waals surface area contributed by atoms with Gasteiger partial charge in [-0.15, -0.1) is 0 Å². The Morgan fingerprint density at radius 1 is 1.44 bits per heavy atom. The fraction of sp³-hybridized carbons (Fsp3) is 0.538. The highest BCUT2D eigenvalue weighted by Gasteiger charge is 2.07. The van der Waals surface area contributed by atoms with Gasteiger partial charge in [0, 0.05) is 18.2 Å². The lowest BCUT2D eigenvalue weighted by atomic mass is 10.1. The van der Waals surface area contributed by atoms with E-state index in [1.54, 1.807) is 7.11 Å². The Kier molecular flexibility index (Phi) is 5.85. The summed E-state index contributed by atoms with van der Waals surface area (Å²) in [6, 6.07) is 6.68. The molecule has 0 fully saturated rings. The Morgan fingerprint density at radius 2 is 2.19 bits per heavy atom. The molecule has 3 heteroatoms. The second-order valence-corrected chi connectivity index (χ2v) is 4.86. The monoisotopic (exact) mass is 285 g/mol. The molecule has 0 aliphatic heterocycles. The zero-order valence-electron chi connectivity index (χ0n) is 10.2. The van der Waals surface area contributed by atoms with Crippen LogP contribution in [0.4, 0.5) is 0 Å². The molecule has 1 rings (SSSR count). The zero-order chi connectivity index (χ0) is 12.0. The van der Waals surface area contributed by atoms with Gasteiger partial charge in [-0.3, -0.25) is 0 Å². The first-order valence-corrected chi connectivity index (χ1v) is 6.53. The number of hydrogen-bond acceptors (Lipinski definition) is 2. The highest BCUT2D eigenvalue weighted by atomic mass is 79.9. The van der Waals surface area contributed by atoms with Crippen LogP contribution in [-0.4, -0.2) is 13.2 Å². The van der Waals surface area contributed by atoms with Crippen LogP contribution in [-0.2, 0) is 6.54 Å². The summed E-state index contributed by atoms with van der Waals surface area (Å²) in [5.41, 5.74) is 1.19. The van der Waals surface area contributed by atoms with Crippen molar-refractivity contribution < 1.29 is 4.74 Å². The maximum absolute atomic E-state index is 5.38. The van der Waals surface area contributed by atoms with Crippen molar-refractivity contribution in [3.63, 3.8) is 0 Å². The molecular weight excluding hydrogens is 266 g/mol. The van der Waals surface area contributed by atoms with Crippen molar-refractivity contribution in [2.45, 2.75) is 39.3 Å². The van der Waals surface area contributed by atoms with Gasteiger partial charge < -0.3 is 10.1 Å². The summed E-state index contributed by atoms with van der Waals surface area (Å²) in [7, 11) is 1.71. The third-order valence-electron chi connectivity index (χ3n) is 2.62. The van der Waals surface area contributed by atoms with Crippen molar-refractivity contribution >= 4 is 15.9 Å². The van der Waals surface area contributed by atoms with Crippen molar-refractivity contribution in [3.8, 4) is 5.75 Å². The average molecular weight is 286 g/mol. The largest absolute Gasteiger partial charge is 0.495 e. The summed E-state index contributed by atoms with van der Waals surface area (Å²) in [5.74, 6) is 0.929. The normalized spacial score (nSPS) is 12.5. The Balaban J connectivity index is 2.63. The van der Waals surface area contributed by atoms with E-state index in [4.69, 9.17) is 4.74 Å². The van der Waals surface area contributed by atoms with Crippen LogP contribution in [0.2, 0.25) is 0 Å². The van der Waals surface area contributed by atoms with Crippen LogP contribution in [0.1, 0.15) is 32.3 Å². The van der Waals surface area contributed by atoms with Gasteiger partial charge in [-0.1, -0.05) is 25.5 Å². The van der Waals surface area contributed by atoms with Gasteiger partial charge in [-0.25, -0.2) is 0 Å². The van der Waals surface area contributed by atoms with Crippen LogP contribution in [0.3, 0.4) is 0 Å². The van der Waals surface area contributed by atoms with E-state index in [0.29, 0.717) is 6.04 Å². The number of methoxy groups -OCH3 is 1. The molecule has 0 saturated carbocycles. The number of ether oxygens (including phenoxy) is 1. The van der Waals surface area contributed by atoms with Crippen molar-refractivity contribution in [3.05, 3.63) is 28.2 Å². The lowest BCUT2D eigenvalue weighted by Crippen LogP contribution is -2.25. The van der Waals surface area contributed by atoms with Crippen LogP contribution in [0.15, 0.2) is 22.7 Å². The summed E-state index contributed by atoms with van der Waals surface area (Å²) in [6.45, 7) is 5.27. The predicted octanol–water partition coefficient (Wildman–Crippen LogP) is 3.74. The quantitative estimate of drug-likeness (QED) is 0.860. The molecule has 0 aromatic heterocycles. The summed E-state index contributed by atoms with van der Waals surface area (Å²) in [4.78, 5) is 0. The SMILES string of the molecule is CCCC(C)NCc1cccc(Br)c1OC. The lowest BCUT2D eigenvalue weighted by molar-refractivity contribution is 0.402. The predicted molar refractivity (Wildman–Crippen MR) is 71.9 cm³/mol. The highest BCUT2D eigenvalue weighted by molar-refractivity contribution is 9.10. The van der Waals surface area contributed by atoms with Crippen LogP contribution >= 0.6 is 15.9 Å². The van der Waals surface area contributed by atoms with E-state index in [2.05, 4.69) is 41.2 Å². The van der Waals surface area contributed by atoms with E-state index in [0.717, 1.165) is 16.8 Å². The number of nitrogens with one attached hydrogen (secondary N) is 1. The Labute approximate surface area is 107 Å². The molecule has 0 aliphatic carbocycles. The lowest BCUT2D eigenvalue weighted by Gasteiger charge is -2.15. The smallest absolute Gasteiger partial charge is 0.137 e.